The molecule has 1 N–H and O–H groups in total. The lowest BCUT2D eigenvalue weighted by atomic mass is 10.0. The average molecular weight is 335 g/mol. The molecule has 5 nitrogen and oxygen atoms in total. The second-order valence-electron chi connectivity index (χ2n) is 4.78. The molecule has 0 spiro atoms. The van der Waals surface area contributed by atoms with Gasteiger partial charge in [0.25, 0.3) is 0 Å². The van der Waals surface area contributed by atoms with Crippen LogP contribution >= 0.6 is 11.6 Å². The van der Waals surface area contributed by atoms with Crippen LogP contribution < -0.4 is 4.74 Å². The summed E-state index contributed by atoms with van der Waals surface area (Å²) >= 11 is 5.52. The molecule has 0 saturated heterocycles. The number of hydrogen-bond donors (Lipinski definition) is 1. The maximum atomic E-state index is 12.2. The lowest BCUT2D eigenvalue weighted by Crippen LogP contribution is -2.21. The first-order valence-corrected chi connectivity index (χ1v) is 7.17. The van der Waals surface area contributed by atoms with Crippen molar-refractivity contribution in [2.24, 2.45) is 0 Å². The van der Waals surface area contributed by atoms with Gasteiger partial charge in [0, 0.05) is 0 Å². The van der Waals surface area contributed by atoms with Gasteiger partial charge >= 0.3 is 5.97 Å². The molecule has 23 heavy (non-hydrogen) atoms. The Morgan fingerprint density at radius 1 is 1.09 bits per heavy atom. The molecular weight excluding hydrogens is 320 g/mol. The van der Waals surface area contributed by atoms with Crippen LogP contribution in [0.1, 0.15) is 17.0 Å². The minimum atomic E-state index is -1.23. The number of carbonyl (C=O) groups excluding carboxylic acids is 2. The van der Waals surface area contributed by atoms with Gasteiger partial charge in [0.2, 0.25) is 5.24 Å². The summed E-state index contributed by atoms with van der Waals surface area (Å²) < 4.78 is 10.2. The van der Waals surface area contributed by atoms with Gasteiger partial charge < -0.3 is 14.6 Å². The Balaban J connectivity index is 2.06. The van der Waals surface area contributed by atoms with Gasteiger partial charge in [0.05, 0.1) is 7.11 Å². The Morgan fingerprint density at radius 2 is 1.70 bits per heavy atom. The van der Waals surface area contributed by atoms with E-state index in [9.17, 15) is 14.7 Å². The van der Waals surface area contributed by atoms with Crippen LogP contribution in [0.2, 0.25) is 0 Å². The van der Waals surface area contributed by atoms with E-state index in [1.165, 1.54) is 24.3 Å². The van der Waals surface area contributed by atoms with Crippen molar-refractivity contribution in [2.45, 2.75) is 12.5 Å². The Hall–Kier alpha value is -2.53. The molecule has 120 valence electrons. The molecule has 0 saturated carbocycles. The second kappa shape index (κ2) is 7.65. The van der Waals surface area contributed by atoms with Crippen molar-refractivity contribution in [3.63, 3.8) is 0 Å². The number of halogens is 1. The van der Waals surface area contributed by atoms with Gasteiger partial charge in [-0.05, 0) is 47.0 Å². The molecule has 0 heterocycles. The molecule has 6 heteroatoms. The highest BCUT2D eigenvalue weighted by molar-refractivity contribution is 6.66. The number of rotatable bonds is 6. The SMILES string of the molecule is COc1ccc(COC(=O)[C@@H](C(=O)Cl)c2ccc(O)cc2)cc1. The molecule has 0 radical (unpaired) electrons. The van der Waals surface area contributed by atoms with Crippen molar-refractivity contribution >= 4 is 22.8 Å². The number of hydrogen-bond acceptors (Lipinski definition) is 5. The van der Waals surface area contributed by atoms with E-state index in [0.717, 1.165) is 5.56 Å². The summed E-state index contributed by atoms with van der Waals surface area (Å²) in [5.74, 6) is -1.25. The zero-order valence-electron chi connectivity index (χ0n) is 12.4. The molecule has 2 aromatic carbocycles. The van der Waals surface area contributed by atoms with Crippen LogP contribution in [-0.4, -0.2) is 23.4 Å². The summed E-state index contributed by atoms with van der Waals surface area (Å²) in [4.78, 5) is 23.7. The van der Waals surface area contributed by atoms with Crippen LogP contribution in [0.4, 0.5) is 0 Å². The van der Waals surface area contributed by atoms with E-state index in [1.54, 1.807) is 31.4 Å². The average Bonchev–Trinajstić information content (AvgIpc) is 2.55. The quantitative estimate of drug-likeness (QED) is 0.499. The summed E-state index contributed by atoms with van der Waals surface area (Å²) in [6.07, 6.45) is 0. The molecule has 0 fully saturated rings. The Labute approximate surface area is 138 Å². The molecular formula is C17H15ClO5. The van der Waals surface area contributed by atoms with Gasteiger partial charge in [-0.1, -0.05) is 24.3 Å². The highest BCUT2D eigenvalue weighted by Crippen LogP contribution is 2.23. The summed E-state index contributed by atoms with van der Waals surface area (Å²) in [5, 5.41) is 8.43. The van der Waals surface area contributed by atoms with Crippen LogP contribution in [-0.2, 0) is 20.9 Å². The van der Waals surface area contributed by atoms with Crippen molar-refractivity contribution in [3.8, 4) is 11.5 Å². The number of benzene rings is 2. The molecule has 0 aliphatic heterocycles. The van der Waals surface area contributed by atoms with Crippen LogP contribution in [0.5, 0.6) is 11.5 Å². The Morgan fingerprint density at radius 3 is 2.22 bits per heavy atom. The molecule has 2 aromatic rings. The number of esters is 1. The summed E-state index contributed by atoms with van der Waals surface area (Å²) in [5.41, 5.74) is 1.12. The molecule has 0 aliphatic carbocycles. The number of phenols is 1. The van der Waals surface area contributed by atoms with Crippen molar-refractivity contribution in [3.05, 3.63) is 59.7 Å². The van der Waals surface area contributed by atoms with Crippen molar-refractivity contribution in [1.82, 2.24) is 0 Å². The van der Waals surface area contributed by atoms with Gasteiger partial charge in [-0.15, -0.1) is 0 Å². The van der Waals surface area contributed by atoms with Gasteiger partial charge in [-0.25, -0.2) is 0 Å². The Bertz CT molecular complexity index is 679. The zero-order valence-corrected chi connectivity index (χ0v) is 13.1. The fourth-order valence-corrected chi connectivity index (χ4v) is 2.20. The summed E-state index contributed by atoms with van der Waals surface area (Å²) in [6, 6.07) is 12.6. The lowest BCUT2D eigenvalue weighted by Gasteiger charge is -2.13. The maximum absolute atomic E-state index is 12.2. The number of phenolic OH excluding ortho intramolecular Hbond substituents is 1. The molecule has 0 bridgehead atoms. The highest BCUT2D eigenvalue weighted by Gasteiger charge is 2.28. The number of aromatic hydroxyl groups is 1. The van der Waals surface area contributed by atoms with Crippen molar-refractivity contribution in [1.29, 1.82) is 0 Å². The molecule has 0 aliphatic rings. The molecule has 0 unspecified atom stereocenters. The zero-order chi connectivity index (χ0) is 16.8. The van der Waals surface area contributed by atoms with E-state index in [0.29, 0.717) is 11.3 Å². The van der Waals surface area contributed by atoms with Crippen molar-refractivity contribution in [2.75, 3.05) is 7.11 Å². The van der Waals surface area contributed by atoms with Crippen LogP contribution in [0.15, 0.2) is 48.5 Å². The number of ether oxygens (including phenoxy) is 2. The third-order valence-electron chi connectivity index (χ3n) is 3.23. The normalized spacial score (nSPS) is 11.6. The largest absolute Gasteiger partial charge is 0.508 e. The topological polar surface area (TPSA) is 72.8 Å². The minimum Gasteiger partial charge on any atom is -0.508 e. The third kappa shape index (κ3) is 4.47. The van der Waals surface area contributed by atoms with Crippen LogP contribution in [0, 0.1) is 0 Å². The van der Waals surface area contributed by atoms with Crippen molar-refractivity contribution < 1.29 is 24.2 Å². The molecule has 2 rings (SSSR count). The number of methoxy groups -OCH3 is 1. The van der Waals surface area contributed by atoms with Gasteiger partial charge in [0.15, 0.2) is 5.92 Å². The standard InChI is InChI=1S/C17H15ClO5/c1-22-14-8-2-11(3-9-14)10-23-17(21)15(16(18)20)12-4-6-13(19)7-5-12/h2-9,15,19H,10H2,1H3/t15-/m1/s1. The molecule has 0 amide bonds. The Kier molecular flexibility index (Phi) is 5.60. The predicted molar refractivity (Wildman–Crippen MR) is 84.5 cm³/mol. The predicted octanol–water partition coefficient (Wildman–Crippen LogP) is 2.99. The summed E-state index contributed by atoms with van der Waals surface area (Å²) in [6.45, 7) is 0.0155. The van der Waals surface area contributed by atoms with E-state index < -0.39 is 17.1 Å². The second-order valence-corrected chi connectivity index (χ2v) is 5.16. The smallest absolute Gasteiger partial charge is 0.322 e. The van der Waals surface area contributed by atoms with E-state index in [2.05, 4.69) is 0 Å². The lowest BCUT2D eigenvalue weighted by molar-refractivity contribution is -0.148. The van der Waals surface area contributed by atoms with E-state index in [4.69, 9.17) is 21.1 Å². The van der Waals surface area contributed by atoms with Gasteiger partial charge in [-0.2, -0.15) is 0 Å². The van der Waals surface area contributed by atoms with Gasteiger partial charge in [0.1, 0.15) is 18.1 Å². The molecule has 0 aromatic heterocycles. The minimum absolute atomic E-state index is 0.0155. The van der Waals surface area contributed by atoms with Crippen LogP contribution in [0.25, 0.3) is 0 Å². The first-order valence-electron chi connectivity index (χ1n) is 6.79. The monoisotopic (exact) mass is 334 g/mol. The maximum Gasteiger partial charge on any atom is 0.322 e. The third-order valence-corrected chi connectivity index (χ3v) is 3.45. The summed E-state index contributed by atoms with van der Waals surface area (Å²) in [7, 11) is 1.56. The first-order chi connectivity index (χ1) is 11.0. The van der Waals surface area contributed by atoms with Gasteiger partial charge in [-0.3, -0.25) is 9.59 Å². The fourth-order valence-electron chi connectivity index (χ4n) is 1.99. The fraction of sp³-hybridized carbons (Fsp3) is 0.176. The van der Waals surface area contributed by atoms with E-state index >= 15 is 0 Å². The van der Waals surface area contributed by atoms with E-state index in [-0.39, 0.29) is 12.4 Å². The molecule has 1 atom stereocenters. The highest BCUT2D eigenvalue weighted by atomic mass is 35.5. The first kappa shape index (κ1) is 16.8. The van der Waals surface area contributed by atoms with Crippen LogP contribution in [0.3, 0.4) is 0 Å². The number of carbonyl (C=O) groups is 2. The van der Waals surface area contributed by atoms with E-state index in [1.807, 2.05) is 0 Å².